The second kappa shape index (κ2) is 7.00. The summed E-state index contributed by atoms with van der Waals surface area (Å²) in [6.07, 6.45) is 7.25. The molecule has 0 heterocycles. The van der Waals surface area contributed by atoms with Crippen molar-refractivity contribution >= 4 is 5.78 Å². The number of Topliss-reactive ketones (excluding diaryl/α,β-unsaturated/α-hetero) is 1. The minimum atomic E-state index is 0.355. The molecule has 1 aliphatic carbocycles. The predicted octanol–water partition coefficient (Wildman–Crippen LogP) is 2.77. The van der Waals surface area contributed by atoms with Crippen molar-refractivity contribution in [2.24, 2.45) is 11.8 Å². The number of carbonyl (C=O) groups is 1. The lowest BCUT2D eigenvalue weighted by Crippen LogP contribution is -2.34. The van der Waals surface area contributed by atoms with Crippen LogP contribution in [0.2, 0.25) is 0 Å². The summed E-state index contributed by atoms with van der Waals surface area (Å²) in [6, 6.07) is 0. The van der Waals surface area contributed by atoms with E-state index in [1.54, 1.807) is 0 Å². The van der Waals surface area contributed by atoms with E-state index in [-0.39, 0.29) is 0 Å². The van der Waals surface area contributed by atoms with Gasteiger partial charge in [-0.2, -0.15) is 0 Å². The van der Waals surface area contributed by atoms with Gasteiger partial charge in [0.1, 0.15) is 5.78 Å². The minimum absolute atomic E-state index is 0.355. The van der Waals surface area contributed by atoms with Crippen molar-refractivity contribution < 1.29 is 4.79 Å². The molecule has 88 valence electrons. The van der Waals surface area contributed by atoms with Gasteiger partial charge in [-0.05, 0) is 31.7 Å². The van der Waals surface area contributed by atoms with E-state index in [1.165, 1.54) is 25.7 Å². The summed E-state index contributed by atoms with van der Waals surface area (Å²) in [6.45, 7) is 5.91. The SMILES string of the molecule is CCCNCC(=O)C1CCCCC1CC. The molecule has 2 heteroatoms. The molecule has 0 aromatic rings. The Balaban J connectivity index is 2.34. The van der Waals surface area contributed by atoms with Crippen LogP contribution in [0.3, 0.4) is 0 Å². The van der Waals surface area contributed by atoms with Gasteiger partial charge in [-0.15, -0.1) is 0 Å². The van der Waals surface area contributed by atoms with E-state index < -0.39 is 0 Å². The first-order chi connectivity index (χ1) is 7.29. The van der Waals surface area contributed by atoms with Crippen LogP contribution in [0.15, 0.2) is 0 Å². The fourth-order valence-electron chi connectivity index (χ4n) is 2.64. The van der Waals surface area contributed by atoms with Gasteiger partial charge in [-0.25, -0.2) is 0 Å². The molecular weight excluding hydrogens is 186 g/mol. The summed E-state index contributed by atoms with van der Waals surface area (Å²) in [7, 11) is 0. The number of nitrogens with one attached hydrogen (secondary N) is 1. The Morgan fingerprint density at radius 1 is 1.27 bits per heavy atom. The van der Waals surface area contributed by atoms with Crippen molar-refractivity contribution in [1.82, 2.24) is 5.32 Å². The van der Waals surface area contributed by atoms with Crippen LogP contribution < -0.4 is 5.32 Å². The van der Waals surface area contributed by atoms with Crippen molar-refractivity contribution in [2.45, 2.75) is 52.4 Å². The maximum Gasteiger partial charge on any atom is 0.149 e. The third-order valence-corrected chi connectivity index (χ3v) is 3.57. The summed E-state index contributed by atoms with van der Waals surface area (Å²) in [5, 5.41) is 3.23. The Kier molecular flexibility index (Phi) is 5.92. The van der Waals surface area contributed by atoms with Gasteiger partial charge in [-0.3, -0.25) is 4.79 Å². The van der Waals surface area contributed by atoms with Gasteiger partial charge in [0, 0.05) is 5.92 Å². The normalized spacial score (nSPS) is 26.5. The van der Waals surface area contributed by atoms with E-state index in [4.69, 9.17) is 0 Å². The first-order valence-corrected chi connectivity index (χ1v) is 6.53. The van der Waals surface area contributed by atoms with Crippen molar-refractivity contribution in [3.8, 4) is 0 Å². The van der Waals surface area contributed by atoms with E-state index in [1.807, 2.05) is 0 Å². The molecule has 0 aromatic heterocycles. The molecule has 15 heavy (non-hydrogen) atoms. The number of hydrogen-bond acceptors (Lipinski definition) is 2. The number of rotatable bonds is 6. The minimum Gasteiger partial charge on any atom is -0.310 e. The maximum atomic E-state index is 12.0. The fourth-order valence-corrected chi connectivity index (χ4v) is 2.64. The smallest absolute Gasteiger partial charge is 0.149 e. The van der Waals surface area contributed by atoms with Gasteiger partial charge in [0.2, 0.25) is 0 Å². The zero-order valence-corrected chi connectivity index (χ0v) is 10.2. The highest BCUT2D eigenvalue weighted by molar-refractivity contribution is 5.83. The molecule has 2 unspecified atom stereocenters. The number of hydrogen-bond donors (Lipinski definition) is 1. The number of ketones is 1. The van der Waals surface area contributed by atoms with Crippen LogP contribution in [0, 0.1) is 11.8 Å². The van der Waals surface area contributed by atoms with Gasteiger partial charge >= 0.3 is 0 Å². The van der Waals surface area contributed by atoms with Crippen LogP contribution >= 0.6 is 0 Å². The van der Waals surface area contributed by atoms with Crippen molar-refractivity contribution in [3.05, 3.63) is 0 Å². The highest BCUT2D eigenvalue weighted by Crippen LogP contribution is 2.32. The first kappa shape index (κ1) is 12.7. The lowest BCUT2D eigenvalue weighted by Gasteiger charge is -2.29. The van der Waals surface area contributed by atoms with Gasteiger partial charge in [0.05, 0.1) is 6.54 Å². The zero-order valence-electron chi connectivity index (χ0n) is 10.2. The van der Waals surface area contributed by atoms with Gasteiger partial charge in [0.25, 0.3) is 0 Å². The molecule has 0 aliphatic heterocycles. The van der Waals surface area contributed by atoms with Crippen LogP contribution in [-0.4, -0.2) is 18.9 Å². The Bertz CT molecular complexity index is 191. The highest BCUT2D eigenvalue weighted by Gasteiger charge is 2.28. The molecule has 0 aromatic carbocycles. The van der Waals surface area contributed by atoms with Crippen LogP contribution in [0.5, 0.6) is 0 Å². The molecule has 2 atom stereocenters. The third-order valence-electron chi connectivity index (χ3n) is 3.57. The molecule has 2 nitrogen and oxygen atoms in total. The molecule has 0 saturated heterocycles. The quantitative estimate of drug-likeness (QED) is 0.684. The second-order valence-electron chi connectivity index (χ2n) is 4.70. The molecule has 1 N–H and O–H groups in total. The summed E-state index contributed by atoms with van der Waals surface area (Å²) >= 11 is 0. The van der Waals surface area contributed by atoms with Crippen LogP contribution in [-0.2, 0) is 4.79 Å². The molecular formula is C13H25NO. The Morgan fingerprint density at radius 2 is 2.00 bits per heavy atom. The molecule has 0 radical (unpaired) electrons. The summed E-state index contributed by atoms with van der Waals surface area (Å²) in [5.41, 5.74) is 0. The highest BCUT2D eigenvalue weighted by atomic mass is 16.1. The van der Waals surface area contributed by atoms with E-state index in [0.29, 0.717) is 24.2 Å². The van der Waals surface area contributed by atoms with Crippen molar-refractivity contribution in [3.63, 3.8) is 0 Å². The first-order valence-electron chi connectivity index (χ1n) is 6.53. The summed E-state index contributed by atoms with van der Waals surface area (Å²) in [4.78, 5) is 12.0. The van der Waals surface area contributed by atoms with E-state index >= 15 is 0 Å². The molecule has 1 saturated carbocycles. The molecule has 0 amide bonds. The monoisotopic (exact) mass is 211 g/mol. The Hall–Kier alpha value is -0.370. The van der Waals surface area contributed by atoms with Gasteiger partial charge < -0.3 is 5.32 Å². The third kappa shape index (κ3) is 3.94. The molecule has 1 rings (SSSR count). The van der Waals surface area contributed by atoms with Gasteiger partial charge in [-0.1, -0.05) is 33.1 Å². The average molecular weight is 211 g/mol. The summed E-state index contributed by atoms with van der Waals surface area (Å²) < 4.78 is 0. The van der Waals surface area contributed by atoms with Crippen LogP contribution in [0.1, 0.15) is 52.4 Å². The van der Waals surface area contributed by atoms with Crippen molar-refractivity contribution in [2.75, 3.05) is 13.1 Å². The molecule has 0 bridgehead atoms. The predicted molar refractivity (Wildman–Crippen MR) is 63.9 cm³/mol. The Morgan fingerprint density at radius 3 is 2.67 bits per heavy atom. The molecule has 1 fully saturated rings. The Labute approximate surface area is 93.8 Å². The molecule has 0 spiro atoms. The van der Waals surface area contributed by atoms with Crippen LogP contribution in [0.4, 0.5) is 0 Å². The maximum absolute atomic E-state index is 12.0. The summed E-state index contributed by atoms with van der Waals surface area (Å²) in [5.74, 6) is 1.47. The molecule has 1 aliphatic rings. The van der Waals surface area contributed by atoms with Gasteiger partial charge in [0.15, 0.2) is 0 Å². The topological polar surface area (TPSA) is 29.1 Å². The van der Waals surface area contributed by atoms with E-state index in [0.717, 1.165) is 19.4 Å². The lowest BCUT2D eigenvalue weighted by atomic mass is 9.75. The fraction of sp³-hybridized carbons (Fsp3) is 0.923. The standard InChI is InChI=1S/C13H25NO/c1-3-9-14-10-13(15)12-8-6-5-7-11(12)4-2/h11-12,14H,3-10H2,1-2H3. The van der Waals surface area contributed by atoms with Crippen molar-refractivity contribution in [1.29, 1.82) is 0 Å². The van der Waals surface area contributed by atoms with Crippen LogP contribution in [0.25, 0.3) is 0 Å². The second-order valence-corrected chi connectivity index (χ2v) is 4.70. The largest absolute Gasteiger partial charge is 0.310 e. The average Bonchev–Trinajstić information content (AvgIpc) is 2.29. The van der Waals surface area contributed by atoms with E-state index in [2.05, 4.69) is 19.2 Å². The lowest BCUT2D eigenvalue weighted by molar-refractivity contribution is -0.124. The van der Waals surface area contributed by atoms with E-state index in [9.17, 15) is 4.79 Å². The zero-order chi connectivity index (χ0) is 11.1. The number of carbonyl (C=O) groups excluding carboxylic acids is 1.